The maximum Gasteiger partial charge on any atom is 0.413 e. The molecule has 0 bridgehead atoms. The zero-order valence-electron chi connectivity index (χ0n) is 58.9. The Kier molecular flexibility index (Phi) is 27.1. The highest BCUT2D eigenvalue weighted by Gasteiger charge is 2.46. The molecular formula is C77H91FN10O15. The molecule has 3 aliphatic rings. The van der Waals surface area contributed by atoms with Crippen LogP contribution in [0.4, 0.5) is 14.9 Å². The Bertz CT molecular complexity index is 4160. The van der Waals surface area contributed by atoms with Crippen molar-refractivity contribution in [3.63, 3.8) is 0 Å². The number of hydrogen-bond acceptors (Lipinski definition) is 18. The zero-order chi connectivity index (χ0) is 72.9. The zero-order valence-corrected chi connectivity index (χ0v) is 58.9. The number of unbranched alkanes of at least 4 members (excludes halogenated alkanes) is 1. The van der Waals surface area contributed by atoms with Crippen molar-refractivity contribution in [1.29, 1.82) is 0 Å². The Hall–Kier alpha value is -9.47. The number of nitrogens with zero attached hydrogens (tertiary/aromatic N) is 5. The molecule has 26 heteroatoms. The summed E-state index contributed by atoms with van der Waals surface area (Å²) in [6.07, 6.45) is 1.16. The fraction of sp³-hybridized carbons (Fsp3) is 0.442. The second-order valence-electron chi connectivity index (χ2n) is 26.0. The molecule has 25 nitrogen and oxygen atoms in total. The molecule has 2 aromatic heterocycles. The molecule has 4 amide bonds. The molecule has 0 unspecified atom stereocenters. The maximum atomic E-state index is 15.7. The number of aryl methyl sites for hydroxylation is 2. The number of amides is 4. The van der Waals surface area contributed by atoms with Crippen LogP contribution in [0.25, 0.3) is 32.7 Å². The minimum atomic E-state index is -2.06. The summed E-state index contributed by atoms with van der Waals surface area (Å²) in [6.45, 7) is 13.5. The molecule has 1 aliphatic carbocycles. The van der Waals surface area contributed by atoms with Gasteiger partial charge in [0.25, 0.3) is 5.56 Å². The number of rotatable bonds is 39. The lowest BCUT2D eigenvalue weighted by Gasteiger charge is -2.37. The van der Waals surface area contributed by atoms with E-state index >= 15 is 4.39 Å². The van der Waals surface area contributed by atoms with Gasteiger partial charge in [0.15, 0.2) is 5.60 Å². The van der Waals surface area contributed by atoms with E-state index in [0.29, 0.717) is 136 Å². The molecule has 0 spiro atoms. The Balaban J connectivity index is 0.762. The van der Waals surface area contributed by atoms with Gasteiger partial charge in [0.2, 0.25) is 17.7 Å². The quantitative estimate of drug-likeness (QED) is 0.00521. The average Bonchev–Trinajstić information content (AvgIpc) is 1.54. The van der Waals surface area contributed by atoms with Crippen molar-refractivity contribution < 1.29 is 71.4 Å². The molecule has 0 radical (unpaired) electrons. The minimum Gasteiger partial charge on any atom is -0.458 e. The number of nitrogens with one attached hydrogen (secondary N) is 5. The number of cyclic esters (lactones) is 1. The maximum absolute atomic E-state index is 15.7. The lowest BCUT2D eigenvalue weighted by molar-refractivity contribution is -0.172. The number of pyridine rings is 2. The molecular weight excluding hydrogens is 1320 g/mol. The molecule has 0 saturated carbocycles. The molecule has 7 aromatic rings. The summed E-state index contributed by atoms with van der Waals surface area (Å²) in [5.74, 6) is -3.04. The van der Waals surface area contributed by atoms with Crippen molar-refractivity contribution in [3.8, 4) is 17.1 Å². The topological polar surface area (TPSA) is 323 Å². The average molecular weight is 1420 g/mol. The highest BCUT2D eigenvalue weighted by Crippen LogP contribution is 2.46. The first-order valence-corrected chi connectivity index (χ1v) is 35.2. The van der Waals surface area contributed by atoms with Crippen LogP contribution >= 0.6 is 0 Å². The van der Waals surface area contributed by atoms with E-state index < -0.39 is 70.4 Å². The number of carbonyl (C=O) groups excluding carboxylic acids is 5. The number of aliphatic hydroxyl groups is 1. The van der Waals surface area contributed by atoms with E-state index in [1.165, 1.54) is 22.8 Å². The third-order valence-corrected chi connectivity index (χ3v) is 18.8. The number of aromatic nitrogens is 2. The third-order valence-electron chi connectivity index (χ3n) is 18.8. The van der Waals surface area contributed by atoms with Gasteiger partial charge in [0.05, 0.1) is 120 Å². The third kappa shape index (κ3) is 18.7. The van der Waals surface area contributed by atoms with E-state index in [9.17, 15) is 33.9 Å². The largest absolute Gasteiger partial charge is 0.458 e. The van der Waals surface area contributed by atoms with E-state index in [0.717, 1.165) is 27.8 Å². The molecule has 546 valence electrons. The monoisotopic (exact) mass is 1410 g/mol. The van der Waals surface area contributed by atoms with Crippen molar-refractivity contribution >= 4 is 46.4 Å². The van der Waals surface area contributed by atoms with Crippen LogP contribution in [0.15, 0.2) is 131 Å². The van der Waals surface area contributed by atoms with E-state index in [1.807, 2.05) is 36.4 Å². The van der Waals surface area contributed by atoms with Crippen LogP contribution in [0.1, 0.15) is 121 Å². The van der Waals surface area contributed by atoms with Gasteiger partial charge >= 0.3 is 12.1 Å². The number of azide groups is 1. The smallest absolute Gasteiger partial charge is 0.413 e. The molecule has 4 heterocycles. The number of esters is 1. The van der Waals surface area contributed by atoms with Gasteiger partial charge in [0, 0.05) is 46.1 Å². The summed E-state index contributed by atoms with van der Waals surface area (Å²) >= 11 is 0. The van der Waals surface area contributed by atoms with E-state index in [1.54, 1.807) is 45.9 Å². The molecule has 10 rings (SSSR count). The molecule has 2 aliphatic heterocycles. The fourth-order valence-electron chi connectivity index (χ4n) is 13.4. The van der Waals surface area contributed by atoms with Crippen molar-refractivity contribution in [3.05, 3.63) is 204 Å². The predicted molar refractivity (Wildman–Crippen MR) is 383 cm³/mol. The lowest BCUT2D eigenvalue weighted by Crippen LogP contribution is -2.54. The standard InChI is InChI=1S/C77H91FN10O15/c1-6-76(95)60-45-65-70-58(47-88(65)73(92)59(60)48-102-74(76)93)68-62(29-28-57-51(5)61(78)46-64(83-70)67(57)68)85-75(94)103-56-26-24-55(25-27-56)82-71(90)63(19-13-14-31-80-77(52-15-9-7-10-16-52,53-17-11-8-12-18-53)54-22-20-50(4)21-23-54)84-72(91)69(49(2)3)86-66(89)30-33-96-35-37-98-39-41-100-43-44-101-42-40-99-38-36-97-34-32-81-87-79/h7-12,15-18,20-27,45-46,49,62-63,69,80,95H,6,13-14,19,28-44,47-48H2,1-5H3,(H,82,90)(H,84,91)(H,85,94)(H,86,89)/t62-,63-,69-,76-/m0/s1. The van der Waals surface area contributed by atoms with Crippen LogP contribution < -0.4 is 36.9 Å². The normalized spacial score (nSPS) is 15.7. The number of anilines is 1. The van der Waals surface area contributed by atoms with Crippen LogP contribution in [0.5, 0.6) is 5.75 Å². The van der Waals surface area contributed by atoms with E-state index in [-0.39, 0.29) is 81.6 Å². The highest BCUT2D eigenvalue weighted by atomic mass is 19.1. The van der Waals surface area contributed by atoms with Crippen molar-refractivity contribution in [2.45, 2.75) is 122 Å². The van der Waals surface area contributed by atoms with Gasteiger partial charge in [0.1, 0.15) is 30.3 Å². The molecule has 5 aromatic carbocycles. The first-order chi connectivity index (χ1) is 49.9. The van der Waals surface area contributed by atoms with E-state index in [2.05, 4.69) is 92.1 Å². The fourth-order valence-corrected chi connectivity index (χ4v) is 13.4. The van der Waals surface area contributed by atoms with Crippen LogP contribution in [-0.2, 0) is 83.0 Å². The van der Waals surface area contributed by atoms with E-state index in [4.69, 9.17) is 48.4 Å². The number of carbonyl (C=O) groups is 5. The van der Waals surface area contributed by atoms with Crippen LogP contribution in [0.3, 0.4) is 0 Å². The summed E-state index contributed by atoms with van der Waals surface area (Å²) in [5, 5.41) is 31.3. The summed E-state index contributed by atoms with van der Waals surface area (Å²) < 4.78 is 61.4. The number of ether oxygens (including phenoxy) is 8. The summed E-state index contributed by atoms with van der Waals surface area (Å²) in [6, 6.07) is 35.3. The Morgan fingerprint density at radius 2 is 1.36 bits per heavy atom. The molecule has 0 fully saturated rings. The van der Waals surface area contributed by atoms with Crippen molar-refractivity contribution in [2.24, 2.45) is 11.0 Å². The first-order valence-electron chi connectivity index (χ1n) is 35.2. The van der Waals surface area contributed by atoms with Gasteiger partial charge in [-0.25, -0.2) is 19.0 Å². The predicted octanol–water partition coefficient (Wildman–Crippen LogP) is 9.73. The molecule has 0 saturated heterocycles. The Morgan fingerprint density at radius 3 is 1.96 bits per heavy atom. The molecule has 6 N–H and O–H groups in total. The van der Waals surface area contributed by atoms with Gasteiger partial charge in [-0.2, -0.15) is 0 Å². The van der Waals surface area contributed by atoms with Gasteiger partial charge in [-0.05, 0) is 134 Å². The molecule has 4 atom stereocenters. The van der Waals surface area contributed by atoms with Crippen molar-refractivity contribution in [1.82, 2.24) is 30.8 Å². The Morgan fingerprint density at radius 1 is 0.757 bits per heavy atom. The van der Waals surface area contributed by atoms with Crippen LogP contribution in [0, 0.1) is 25.6 Å². The Labute approximate surface area is 597 Å². The number of hydrogen-bond donors (Lipinski definition) is 6. The highest BCUT2D eigenvalue weighted by molar-refractivity contribution is 5.99. The van der Waals surface area contributed by atoms with Gasteiger partial charge < -0.3 is 68.8 Å². The number of benzene rings is 5. The number of halogens is 1. The van der Waals surface area contributed by atoms with Gasteiger partial charge in [-0.1, -0.05) is 116 Å². The van der Waals surface area contributed by atoms with Gasteiger partial charge in [-0.15, -0.1) is 0 Å². The van der Waals surface area contributed by atoms with Gasteiger partial charge in [-0.3, -0.25) is 24.5 Å². The van der Waals surface area contributed by atoms with Crippen molar-refractivity contribution in [2.75, 3.05) is 97.7 Å². The second kappa shape index (κ2) is 36.6. The molecule has 103 heavy (non-hydrogen) atoms. The minimum absolute atomic E-state index is 0.0342. The summed E-state index contributed by atoms with van der Waals surface area (Å²) in [4.78, 5) is 91.2. The number of fused-ring (bicyclic) bond motifs is 5. The summed E-state index contributed by atoms with van der Waals surface area (Å²) in [7, 11) is 0. The second-order valence-corrected chi connectivity index (χ2v) is 26.0. The van der Waals surface area contributed by atoms with Crippen LogP contribution in [-0.4, -0.2) is 149 Å². The lowest BCUT2D eigenvalue weighted by atomic mass is 9.76. The summed E-state index contributed by atoms with van der Waals surface area (Å²) in [5.41, 5.74) is 13.4. The van der Waals surface area contributed by atoms with Crippen LogP contribution in [0.2, 0.25) is 0 Å². The first kappa shape index (κ1) is 76.2. The SMILES string of the molecule is CC[C@@]1(O)C(=O)OCc2c1cc1n(c2=O)Cc2c-1nc1cc(F)c(C)c3c1c2[C@@H](NC(=O)Oc1ccc(NC(=O)[C@H](CCCCNC(c2ccccc2)(c2ccccc2)c2ccc(C)cc2)NC(=O)[C@@H](NC(=O)CCOCCOCCOCCOCCOCCOCCN=[N+]=[N-])C(C)C)cc1)CC3.